The lowest BCUT2D eigenvalue weighted by Crippen LogP contribution is -2.28. The number of esters is 1. The van der Waals surface area contributed by atoms with E-state index >= 15 is 0 Å². The summed E-state index contributed by atoms with van der Waals surface area (Å²) < 4.78 is 38.9. The van der Waals surface area contributed by atoms with E-state index in [2.05, 4.69) is 0 Å². The molecule has 0 aliphatic carbocycles. The Morgan fingerprint density at radius 3 is 2.46 bits per heavy atom. The van der Waals surface area contributed by atoms with E-state index < -0.39 is 34.9 Å². The summed E-state index contributed by atoms with van der Waals surface area (Å²) in [6, 6.07) is 11.9. The lowest BCUT2D eigenvalue weighted by molar-refractivity contribution is 0.0575. The summed E-state index contributed by atoms with van der Waals surface area (Å²) in [5.41, 5.74) is -0.517. The number of aliphatic hydroxyl groups is 1. The van der Waals surface area contributed by atoms with Crippen LogP contribution in [0.2, 0.25) is 0 Å². The first kappa shape index (κ1) is 25.8. The fraction of sp³-hybridized carbons (Fsp3) is 0.269. The minimum Gasteiger partial charge on any atom is -0.482 e. The molecule has 0 spiro atoms. The quantitative estimate of drug-likeness (QED) is 0.348. The van der Waals surface area contributed by atoms with Crippen LogP contribution in [0.25, 0.3) is 0 Å². The first-order chi connectivity index (χ1) is 16.7. The van der Waals surface area contributed by atoms with Gasteiger partial charge in [0.25, 0.3) is 0 Å². The number of hydrogen-bond acceptors (Lipinski definition) is 6. The zero-order valence-electron chi connectivity index (χ0n) is 19.3. The fourth-order valence-corrected chi connectivity index (χ4v) is 3.54. The molecule has 0 bridgehead atoms. The predicted octanol–water partition coefficient (Wildman–Crippen LogP) is 3.69. The molecule has 1 atom stereocenters. The van der Waals surface area contributed by atoms with Crippen molar-refractivity contribution >= 4 is 11.8 Å². The zero-order chi connectivity index (χ0) is 25.5. The third-order valence-electron chi connectivity index (χ3n) is 5.24. The van der Waals surface area contributed by atoms with Crippen molar-refractivity contribution in [3.63, 3.8) is 0 Å². The van der Waals surface area contributed by atoms with Crippen LogP contribution in [0.15, 0.2) is 59.5 Å². The number of aliphatic hydroxyl groups excluding tert-OH is 1. The molecule has 3 aromatic rings. The molecule has 0 radical (unpaired) electrons. The number of Topliss-reactive ketones (excluding diaryl/α,β-unsaturated/α-hetero) is 1. The highest BCUT2D eigenvalue weighted by Crippen LogP contribution is 2.21. The van der Waals surface area contributed by atoms with Gasteiger partial charge >= 0.3 is 5.97 Å². The molecular weight excluding hydrogens is 460 g/mol. The van der Waals surface area contributed by atoms with Gasteiger partial charge in [-0.2, -0.15) is 0 Å². The summed E-state index contributed by atoms with van der Waals surface area (Å²) in [6.07, 6.45) is -0.0822. The number of halogens is 2. The summed E-state index contributed by atoms with van der Waals surface area (Å²) in [5.74, 6) is -3.42. The molecule has 7 nitrogen and oxygen atoms in total. The molecule has 0 saturated heterocycles. The summed E-state index contributed by atoms with van der Waals surface area (Å²) >= 11 is 0. The lowest BCUT2D eigenvalue weighted by Gasteiger charge is -2.19. The minimum absolute atomic E-state index is 0.0623. The minimum atomic E-state index is -0.931. The van der Waals surface area contributed by atoms with Crippen molar-refractivity contribution in [2.24, 2.45) is 0 Å². The van der Waals surface area contributed by atoms with Crippen LogP contribution < -0.4 is 10.2 Å². The highest BCUT2D eigenvalue weighted by atomic mass is 19.1. The van der Waals surface area contributed by atoms with Crippen LogP contribution >= 0.6 is 0 Å². The van der Waals surface area contributed by atoms with E-state index in [1.165, 1.54) is 23.8 Å². The Balaban J connectivity index is 2.01. The van der Waals surface area contributed by atoms with Crippen LogP contribution in [-0.2, 0) is 24.3 Å². The van der Waals surface area contributed by atoms with Crippen molar-refractivity contribution < 1.29 is 33.0 Å². The maximum atomic E-state index is 14.0. The molecule has 2 aromatic carbocycles. The Morgan fingerprint density at radius 2 is 1.83 bits per heavy atom. The number of benzene rings is 2. The maximum Gasteiger partial charge on any atom is 0.358 e. The smallest absolute Gasteiger partial charge is 0.358 e. The van der Waals surface area contributed by atoms with E-state index in [1.54, 1.807) is 24.3 Å². The van der Waals surface area contributed by atoms with Gasteiger partial charge in [-0.1, -0.05) is 36.4 Å². The van der Waals surface area contributed by atoms with Crippen LogP contribution in [0.1, 0.15) is 45.3 Å². The Kier molecular flexibility index (Phi) is 8.48. The first-order valence-electron chi connectivity index (χ1n) is 10.9. The zero-order valence-corrected chi connectivity index (χ0v) is 19.3. The molecule has 1 aromatic heterocycles. The number of carbonyl (C=O) groups excluding carboxylic acids is 2. The summed E-state index contributed by atoms with van der Waals surface area (Å²) in [5, 5.41) is 9.94. The van der Waals surface area contributed by atoms with Gasteiger partial charge < -0.3 is 19.1 Å². The Labute approximate surface area is 200 Å². The lowest BCUT2D eigenvalue weighted by atomic mass is 10.0. The van der Waals surface area contributed by atoms with Crippen LogP contribution in [0.3, 0.4) is 0 Å². The molecule has 0 amide bonds. The Morgan fingerprint density at radius 1 is 1.11 bits per heavy atom. The maximum absolute atomic E-state index is 14.0. The SMILES string of the molecule is COC(=O)c1c(OCc2ccccc2)c(=O)c(C(=O)CCc2ccc(F)cc2F)cn1CC(C)O. The van der Waals surface area contributed by atoms with Gasteiger partial charge in [0.15, 0.2) is 17.2 Å². The molecule has 1 heterocycles. The number of aromatic nitrogens is 1. The van der Waals surface area contributed by atoms with Crippen molar-refractivity contribution in [1.29, 1.82) is 0 Å². The van der Waals surface area contributed by atoms with Crippen molar-refractivity contribution in [2.75, 3.05) is 7.11 Å². The number of nitrogens with zero attached hydrogens (tertiary/aromatic N) is 1. The number of rotatable bonds is 10. The molecule has 0 aliphatic rings. The van der Waals surface area contributed by atoms with E-state index in [-0.39, 0.29) is 48.6 Å². The summed E-state index contributed by atoms with van der Waals surface area (Å²) in [4.78, 5) is 38.8. The van der Waals surface area contributed by atoms with Gasteiger partial charge in [0.05, 0.1) is 18.8 Å². The van der Waals surface area contributed by atoms with E-state index in [9.17, 15) is 28.3 Å². The fourth-order valence-electron chi connectivity index (χ4n) is 3.54. The second-order valence-electron chi connectivity index (χ2n) is 7.98. The van der Waals surface area contributed by atoms with Gasteiger partial charge in [-0.05, 0) is 30.5 Å². The molecule has 35 heavy (non-hydrogen) atoms. The molecule has 3 rings (SSSR count). The Hall–Kier alpha value is -3.85. The molecule has 1 N–H and O–H groups in total. The second-order valence-corrected chi connectivity index (χ2v) is 7.98. The third kappa shape index (κ3) is 6.39. The number of aryl methyl sites for hydroxylation is 1. The number of ketones is 1. The van der Waals surface area contributed by atoms with Crippen molar-refractivity contribution in [3.05, 3.63) is 99.0 Å². The summed E-state index contributed by atoms with van der Waals surface area (Å²) in [7, 11) is 1.14. The van der Waals surface area contributed by atoms with Gasteiger partial charge in [0.2, 0.25) is 5.43 Å². The highest BCUT2D eigenvalue weighted by molar-refractivity contribution is 5.98. The normalized spacial score (nSPS) is 11.7. The number of ether oxygens (including phenoxy) is 2. The van der Waals surface area contributed by atoms with Gasteiger partial charge in [0, 0.05) is 25.2 Å². The van der Waals surface area contributed by atoms with Crippen molar-refractivity contribution in [3.8, 4) is 5.75 Å². The van der Waals surface area contributed by atoms with Gasteiger partial charge in [0.1, 0.15) is 18.2 Å². The monoisotopic (exact) mass is 485 g/mol. The number of hydrogen-bond donors (Lipinski definition) is 1. The van der Waals surface area contributed by atoms with Crippen LogP contribution in [0.4, 0.5) is 8.78 Å². The number of methoxy groups -OCH3 is 1. The largest absolute Gasteiger partial charge is 0.482 e. The first-order valence-corrected chi connectivity index (χ1v) is 10.9. The molecular formula is C26H25F2NO6. The second kappa shape index (κ2) is 11.5. The predicted molar refractivity (Wildman–Crippen MR) is 124 cm³/mol. The summed E-state index contributed by atoms with van der Waals surface area (Å²) in [6.45, 7) is 1.29. The van der Waals surface area contributed by atoms with Gasteiger partial charge in [-0.15, -0.1) is 0 Å². The number of pyridine rings is 1. The number of carbonyl (C=O) groups is 2. The molecule has 0 saturated carbocycles. The van der Waals surface area contributed by atoms with Crippen molar-refractivity contribution in [1.82, 2.24) is 4.57 Å². The molecule has 184 valence electrons. The van der Waals surface area contributed by atoms with E-state index in [4.69, 9.17) is 9.47 Å². The molecule has 0 fully saturated rings. The molecule has 0 aliphatic heterocycles. The Bertz CT molecular complexity index is 1270. The average Bonchev–Trinajstić information content (AvgIpc) is 2.83. The van der Waals surface area contributed by atoms with Crippen LogP contribution in [0, 0.1) is 11.6 Å². The molecule has 1 unspecified atom stereocenters. The average molecular weight is 485 g/mol. The van der Waals surface area contributed by atoms with Crippen molar-refractivity contribution in [2.45, 2.75) is 39.0 Å². The van der Waals surface area contributed by atoms with E-state index in [1.807, 2.05) is 6.07 Å². The van der Waals surface area contributed by atoms with Gasteiger partial charge in [-0.25, -0.2) is 13.6 Å². The van der Waals surface area contributed by atoms with E-state index in [0.717, 1.165) is 19.2 Å². The standard InChI is InChI=1S/C26H25F2NO6/c1-16(30)13-29-14-20(22(31)11-9-18-8-10-19(27)12-21(18)28)24(32)25(23(29)26(33)34-2)35-15-17-6-4-3-5-7-17/h3-8,10,12,14,16,30H,9,11,13,15H2,1-2H3. The van der Waals surface area contributed by atoms with Crippen LogP contribution in [0.5, 0.6) is 5.75 Å². The van der Waals surface area contributed by atoms with Crippen LogP contribution in [-0.4, -0.2) is 34.6 Å². The third-order valence-corrected chi connectivity index (χ3v) is 5.24. The van der Waals surface area contributed by atoms with Gasteiger partial charge in [-0.3, -0.25) is 9.59 Å². The topological polar surface area (TPSA) is 94.8 Å². The highest BCUT2D eigenvalue weighted by Gasteiger charge is 2.27. The van der Waals surface area contributed by atoms with E-state index in [0.29, 0.717) is 5.56 Å². The molecule has 9 heteroatoms.